The summed E-state index contributed by atoms with van der Waals surface area (Å²) in [5.74, 6) is 0. The molecule has 0 aromatic carbocycles. The average Bonchev–Trinajstić information content (AvgIpc) is 1.92. The molecule has 7 heteroatoms. The Hall–Kier alpha value is -1.34. The van der Waals surface area contributed by atoms with E-state index in [2.05, 4.69) is 4.98 Å². The summed E-state index contributed by atoms with van der Waals surface area (Å²) < 4.78 is 29.7. The van der Waals surface area contributed by atoms with E-state index in [-0.39, 0.29) is 11.4 Å². The van der Waals surface area contributed by atoms with Crippen molar-refractivity contribution in [3.8, 4) is 0 Å². The molecule has 0 bridgehead atoms. The lowest BCUT2D eigenvalue weighted by molar-refractivity contribution is 0.480. The topological polar surface area (TPSA) is 119 Å². The van der Waals surface area contributed by atoms with Crippen LogP contribution in [0, 0.1) is 0 Å². The second-order valence-electron chi connectivity index (χ2n) is 2.09. The molecule has 1 aromatic rings. The molecular weight excluding hydrogens is 182 g/mol. The summed E-state index contributed by atoms with van der Waals surface area (Å²) in [5.41, 5.74) is 10.3. The maximum atomic E-state index is 10.6. The maximum Gasteiger partial charge on any atom is 0.314 e. The van der Waals surface area contributed by atoms with Gasteiger partial charge in [0.15, 0.2) is 0 Å². The van der Waals surface area contributed by atoms with Crippen molar-refractivity contribution in [1.82, 2.24) is 4.98 Å². The minimum absolute atomic E-state index is 0.0672. The van der Waals surface area contributed by atoms with Crippen molar-refractivity contribution in [1.29, 1.82) is 0 Å². The Morgan fingerprint density at radius 3 is 2.42 bits per heavy atom. The molecule has 1 rings (SSSR count). The van der Waals surface area contributed by atoms with Crippen LogP contribution in [0.2, 0.25) is 0 Å². The fraction of sp³-hybridized carbons (Fsp3) is 0. The van der Waals surface area contributed by atoms with Gasteiger partial charge in [-0.3, -0.25) is 4.55 Å². The van der Waals surface area contributed by atoms with E-state index in [1.165, 1.54) is 6.07 Å². The Morgan fingerprint density at radius 1 is 1.42 bits per heavy atom. The van der Waals surface area contributed by atoms with Gasteiger partial charge < -0.3 is 11.5 Å². The van der Waals surface area contributed by atoms with Gasteiger partial charge >= 0.3 is 10.1 Å². The van der Waals surface area contributed by atoms with Crippen LogP contribution in [0.25, 0.3) is 0 Å². The largest absolute Gasteiger partial charge is 0.397 e. The first-order valence-corrected chi connectivity index (χ1v) is 4.34. The zero-order valence-electron chi connectivity index (χ0n) is 5.93. The van der Waals surface area contributed by atoms with Gasteiger partial charge in [0.2, 0.25) is 5.03 Å². The highest BCUT2D eigenvalue weighted by Gasteiger charge is 2.16. The molecular formula is C5H7N3O3S. The highest BCUT2D eigenvalue weighted by atomic mass is 32.2. The Balaban J connectivity index is 3.47. The van der Waals surface area contributed by atoms with Gasteiger partial charge in [-0.1, -0.05) is 0 Å². The molecule has 0 aliphatic rings. The van der Waals surface area contributed by atoms with E-state index in [4.69, 9.17) is 16.0 Å². The number of aromatic nitrogens is 1. The average molecular weight is 189 g/mol. The Kier molecular flexibility index (Phi) is 1.90. The van der Waals surface area contributed by atoms with Crippen LogP contribution in [-0.2, 0) is 10.1 Å². The van der Waals surface area contributed by atoms with Gasteiger partial charge in [-0.15, -0.1) is 0 Å². The minimum Gasteiger partial charge on any atom is -0.397 e. The Morgan fingerprint density at radius 2 is 2.00 bits per heavy atom. The highest BCUT2D eigenvalue weighted by molar-refractivity contribution is 7.85. The number of nitrogen functional groups attached to an aromatic ring is 2. The molecule has 0 saturated carbocycles. The molecule has 0 aliphatic heterocycles. The number of nitrogens with two attached hydrogens (primary N) is 2. The molecule has 0 amide bonds. The van der Waals surface area contributed by atoms with Gasteiger partial charge in [0, 0.05) is 6.20 Å². The van der Waals surface area contributed by atoms with E-state index in [0.717, 1.165) is 6.20 Å². The predicted octanol–water partition coefficient (Wildman–Crippen LogP) is -0.507. The fourth-order valence-corrected chi connectivity index (χ4v) is 1.26. The van der Waals surface area contributed by atoms with Crippen molar-refractivity contribution in [3.63, 3.8) is 0 Å². The van der Waals surface area contributed by atoms with Crippen LogP contribution in [0.1, 0.15) is 0 Å². The van der Waals surface area contributed by atoms with E-state index in [1.54, 1.807) is 0 Å². The molecule has 0 saturated heterocycles. The van der Waals surface area contributed by atoms with Gasteiger partial charge in [-0.05, 0) is 6.07 Å². The lowest BCUT2D eigenvalue weighted by Crippen LogP contribution is -2.07. The Bertz CT molecular complexity index is 400. The summed E-state index contributed by atoms with van der Waals surface area (Å²) in [6.45, 7) is 0. The van der Waals surface area contributed by atoms with E-state index in [9.17, 15) is 8.42 Å². The van der Waals surface area contributed by atoms with Crippen LogP contribution in [0.3, 0.4) is 0 Å². The zero-order valence-corrected chi connectivity index (χ0v) is 6.75. The predicted molar refractivity (Wildman–Crippen MR) is 42.9 cm³/mol. The van der Waals surface area contributed by atoms with Crippen molar-refractivity contribution in [2.24, 2.45) is 0 Å². The van der Waals surface area contributed by atoms with Crippen LogP contribution in [0.5, 0.6) is 0 Å². The van der Waals surface area contributed by atoms with Gasteiger partial charge in [0.25, 0.3) is 0 Å². The maximum absolute atomic E-state index is 10.6. The lowest BCUT2D eigenvalue weighted by atomic mass is 10.4. The summed E-state index contributed by atoms with van der Waals surface area (Å²) in [6, 6.07) is 1.34. The number of hydrogen-bond acceptors (Lipinski definition) is 5. The van der Waals surface area contributed by atoms with Crippen LogP contribution in [0.15, 0.2) is 17.3 Å². The van der Waals surface area contributed by atoms with Crippen molar-refractivity contribution < 1.29 is 13.0 Å². The van der Waals surface area contributed by atoms with Gasteiger partial charge in [0.1, 0.15) is 0 Å². The van der Waals surface area contributed by atoms with E-state index in [0.29, 0.717) is 0 Å². The molecule has 1 heterocycles. The lowest BCUT2D eigenvalue weighted by Gasteiger charge is -2.02. The molecule has 5 N–H and O–H groups in total. The highest BCUT2D eigenvalue weighted by Crippen LogP contribution is 2.20. The van der Waals surface area contributed by atoms with Crippen molar-refractivity contribution >= 4 is 21.5 Å². The molecule has 66 valence electrons. The van der Waals surface area contributed by atoms with Crippen molar-refractivity contribution in [3.05, 3.63) is 12.3 Å². The normalized spacial score (nSPS) is 11.4. The number of rotatable bonds is 1. The van der Waals surface area contributed by atoms with Crippen LogP contribution in [-0.4, -0.2) is 18.0 Å². The molecule has 0 unspecified atom stereocenters. The summed E-state index contributed by atoms with van der Waals surface area (Å²) in [7, 11) is -4.37. The second kappa shape index (κ2) is 2.61. The van der Waals surface area contributed by atoms with E-state index < -0.39 is 15.1 Å². The fourth-order valence-electron chi connectivity index (χ4n) is 0.674. The van der Waals surface area contributed by atoms with Crippen LogP contribution >= 0.6 is 0 Å². The summed E-state index contributed by atoms with van der Waals surface area (Å²) in [4.78, 5) is 3.37. The van der Waals surface area contributed by atoms with Crippen molar-refractivity contribution in [2.45, 2.75) is 5.03 Å². The second-order valence-corrected chi connectivity index (χ2v) is 3.43. The van der Waals surface area contributed by atoms with Crippen molar-refractivity contribution in [2.75, 3.05) is 11.5 Å². The summed E-state index contributed by atoms with van der Waals surface area (Å²) >= 11 is 0. The van der Waals surface area contributed by atoms with Crippen LogP contribution < -0.4 is 11.5 Å². The zero-order chi connectivity index (χ0) is 9.35. The molecule has 12 heavy (non-hydrogen) atoms. The first-order valence-electron chi connectivity index (χ1n) is 2.90. The third-order valence-corrected chi connectivity index (χ3v) is 2.05. The number of pyridine rings is 1. The third-order valence-electron chi connectivity index (χ3n) is 1.23. The number of nitrogens with zero attached hydrogens (tertiary/aromatic N) is 1. The number of anilines is 2. The molecule has 1 aromatic heterocycles. The molecule has 0 radical (unpaired) electrons. The van der Waals surface area contributed by atoms with Crippen LogP contribution in [0.4, 0.5) is 11.4 Å². The Labute approximate surface area is 69.0 Å². The molecule has 0 fully saturated rings. The molecule has 0 aliphatic carbocycles. The van der Waals surface area contributed by atoms with E-state index >= 15 is 0 Å². The first-order chi connectivity index (χ1) is 5.43. The van der Waals surface area contributed by atoms with Gasteiger partial charge in [0.05, 0.1) is 11.4 Å². The monoisotopic (exact) mass is 189 g/mol. The third kappa shape index (κ3) is 1.46. The SMILES string of the molecule is Nc1ccnc(S(=O)(=O)O)c1N. The van der Waals surface area contributed by atoms with Gasteiger partial charge in [-0.25, -0.2) is 4.98 Å². The quantitative estimate of drug-likeness (QED) is 0.512. The minimum atomic E-state index is -4.37. The molecule has 0 atom stereocenters. The smallest absolute Gasteiger partial charge is 0.314 e. The van der Waals surface area contributed by atoms with E-state index in [1.807, 2.05) is 0 Å². The van der Waals surface area contributed by atoms with Gasteiger partial charge in [-0.2, -0.15) is 8.42 Å². The summed E-state index contributed by atoms with van der Waals surface area (Å²) in [6.07, 6.45) is 1.15. The number of hydrogen-bond donors (Lipinski definition) is 3. The molecule has 6 nitrogen and oxygen atoms in total. The standard InChI is InChI=1S/C5H7N3O3S/c6-3-1-2-8-5(4(3)7)12(9,10)11/h1-2H,7H2,(H2,6,8)(H,9,10,11). The summed E-state index contributed by atoms with van der Waals surface area (Å²) in [5, 5.41) is -0.609. The first kappa shape index (κ1) is 8.75. The molecule has 0 spiro atoms.